The second-order valence-corrected chi connectivity index (χ2v) is 8.75. The minimum atomic E-state index is -0.0897. The Labute approximate surface area is 142 Å². The molecule has 0 spiro atoms. The van der Waals surface area contributed by atoms with Gasteiger partial charge in [0.2, 0.25) is 0 Å². The van der Waals surface area contributed by atoms with E-state index < -0.39 is 0 Å². The Morgan fingerprint density at radius 1 is 1.30 bits per heavy atom. The minimum absolute atomic E-state index is 0.0477. The fourth-order valence-corrected chi connectivity index (χ4v) is 4.35. The first kappa shape index (κ1) is 16.2. The van der Waals surface area contributed by atoms with E-state index in [2.05, 4.69) is 71.5 Å². The number of rotatable bonds is 2. The second kappa shape index (κ2) is 5.25. The summed E-state index contributed by atoms with van der Waals surface area (Å²) in [4.78, 5) is 12.5. The van der Waals surface area contributed by atoms with Gasteiger partial charge >= 0.3 is 0 Å². The number of nitrogens with two attached hydrogens (primary N) is 1. The summed E-state index contributed by atoms with van der Waals surface area (Å²) in [6, 6.07) is 5.91. The van der Waals surface area contributed by atoms with Crippen molar-refractivity contribution in [2.24, 2.45) is 16.6 Å². The van der Waals surface area contributed by atoms with Crippen LogP contribution in [0.3, 0.4) is 0 Å². The van der Waals surface area contributed by atoms with Crippen LogP contribution in [0.5, 0.6) is 0 Å². The Bertz CT molecular complexity index is 541. The van der Waals surface area contributed by atoms with Crippen LogP contribution in [0.4, 0.5) is 0 Å². The van der Waals surface area contributed by atoms with Gasteiger partial charge in [0.25, 0.3) is 5.91 Å². The summed E-state index contributed by atoms with van der Waals surface area (Å²) in [5.74, 6) is -0.0477. The molecular formula is C15H20BrIN2O. The summed E-state index contributed by atoms with van der Waals surface area (Å²) in [7, 11) is 0. The zero-order chi connectivity index (χ0) is 15.3. The van der Waals surface area contributed by atoms with Crippen molar-refractivity contribution in [1.29, 1.82) is 0 Å². The summed E-state index contributed by atoms with van der Waals surface area (Å²) in [5, 5.41) is 3.16. The molecule has 0 unspecified atom stereocenters. The molecule has 2 rings (SSSR count). The van der Waals surface area contributed by atoms with Gasteiger partial charge in [0.05, 0.1) is 5.56 Å². The van der Waals surface area contributed by atoms with Gasteiger partial charge in [-0.3, -0.25) is 4.79 Å². The summed E-state index contributed by atoms with van der Waals surface area (Å²) in [6.45, 7) is 8.44. The molecule has 20 heavy (non-hydrogen) atoms. The lowest BCUT2D eigenvalue weighted by atomic mass is 9.48. The fraction of sp³-hybridized carbons (Fsp3) is 0.533. The molecule has 1 aromatic rings. The summed E-state index contributed by atoms with van der Waals surface area (Å²) in [5.41, 5.74) is 6.72. The van der Waals surface area contributed by atoms with E-state index in [9.17, 15) is 4.79 Å². The van der Waals surface area contributed by atoms with Gasteiger partial charge < -0.3 is 11.1 Å². The van der Waals surface area contributed by atoms with Crippen LogP contribution in [-0.4, -0.2) is 18.0 Å². The molecule has 1 amide bonds. The van der Waals surface area contributed by atoms with Gasteiger partial charge in [-0.1, -0.05) is 27.7 Å². The van der Waals surface area contributed by atoms with Gasteiger partial charge in [-0.05, 0) is 56.7 Å². The third-order valence-corrected chi connectivity index (χ3v) is 5.90. The van der Waals surface area contributed by atoms with Crippen molar-refractivity contribution in [2.45, 2.75) is 39.8 Å². The Balaban J connectivity index is 2.22. The van der Waals surface area contributed by atoms with Crippen LogP contribution < -0.4 is 11.1 Å². The normalized spacial score (nSPS) is 26.8. The maximum atomic E-state index is 12.5. The lowest BCUT2D eigenvalue weighted by molar-refractivity contribution is -0.0663. The third-order valence-electron chi connectivity index (χ3n) is 4.54. The van der Waals surface area contributed by atoms with Crippen molar-refractivity contribution < 1.29 is 4.79 Å². The summed E-state index contributed by atoms with van der Waals surface area (Å²) in [6.07, 6.45) is 0. The van der Waals surface area contributed by atoms with Crippen molar-refractivity contribution in [2.75, 3.05) is 0 Å². The Hall–Kier alpha value is -0.140. The molecule has 0 aromatic heterocycles. The number of hydrogen-bond donors (Lipinski definition) is 2. The van der Waals surface area contributed by atoms with Crippen LogP contribution >= 0.6 is 38.5 Å². The lowest BCUT2D eigenvalue weighted by Crippen LogP contribution is -2.76. The molecular weight excluding hydrogens is 431 g/mol. The molecule has 1 aromatic carbocycles. The zero-order valence-electron chi connectivity index (χ0n) is 12.1. The highest BCUT2D eigenvalue weighted by atomic mass is 127. The van der Waals surface area contributed by atoms with Crippen LogP contribution in [-0.2, 0) is 0 Å². The SMILES string of the molecule is CC1(C)C(N)C(C)(C)C1NC(=O)c1cc(I)ccc1Br. The highest BCUT2D eigenvalue weighted by Crippen LogP contribution is 2.52. The number of amides is 1. The Morgan fingerprint density at radius 3 is 2.40 bits per heavy atom. The molecule has 0 saturated heterocycles. The summed E-state index contributed by atoms with van der Waals surface area (Å²) >= 11 is 5.65. The number of benzene rings is 1. The van der Waals surface area contributed by atoms with E-state index in [0.717, 1.165) is 8.04 Å². The second-order valence-electron chi connectivity index (χ2n) is 6.65. The smallest absolute Gasteiger partial charge is 0.252 e. The van der Waals surface area contributed by atoms with E-state index in [0.29, 0.717) is 5.56 Å². The van der Waals surface area contributed by atoms with Crippen LogP contribution in [0.15, 0.2) is 22.7 Å². The first-order valence-corrected chi connectivity index (χ1v) is 8.47. The van der Waals surface area contributed by atoms with Crippen molar-refractivity contribution in [3.63, 3.8) is 0 Å². The molecule has 1 aliphatic rings. The molecule has 1 saturated carbocycles. The monoisotopic (exact) mass is 450 g/mol. The predicted octanol–water partition coefficient (Wildman–Crippen LogP) is 3.55. The minimum Gasteiger partial charge on any atom is -0.348 e. The number of carbonyl (C=O) groups is 1. The molecule has 0 aliphatic heterocycles. The fourth-order valence-electron chi connectivity index (χ4n) is 3.43. The third kappa shape index (κ3) is 2.52. The van der Waals surface area contributed by atoms with E-state index >= 15 is 0 Å². The lowest BCUT2D eigenvalue weighted by Gasteiger charge is -2.62. The Kier molecular flexibility index (Phi) is 4.26. The van der Waals surface area contributed by atoms with Gasteiger partial charge in [0.15, 0.2) is 0 Å². The van der Waals surface area contributed by atoms with Gasteiger partial charge in [-0.25, -0.2) is 0 Å². The molecule has 0 heterocycles. The average molecular weight is 451 g/mol. The molecule has 3 nitrogen and oxygen atoms in total. The predicted molar refractivity (Wildman–Crippen MR) is 93.7 cm³/mol. The van der Waals surface area contributed by atoms with E-state index in [-0.39, 0.29) is 28.8 Å². The summed E-state index contributed by atoms with van der Waals surface area (Å²) < 4.78 is 1.86. The van der Waals surface area contributed by atoms with E-state index in [1.807, 2.05) is 18.2 Å². The molecule has 110 valence electrons. The van der Waals surface area contributed by atoms with Gasteiger partial charge in [0, 0.05) is 31.0 Å². The van der Waals surface area contributed by atoms with Crippen molar-refractivity contribution in [1.82, 2.24) is 5.32 Å². The van der Waals surface area contributed by atoms with E-state index in [1.165, 1.54) is 0 Å². The molecule has 1 fully saturated rings. The zero-order valence-corrected chi connectivity index (χ0v) is 15.9. The van der Waals surface area contributed by atoms with Gasteiger partial charge in [-0.2, -0.15) is 0 Å². The van der Waals surface area contributed by atoms with Crippen LogP contribution in [0.25, 0.3) is 0 Å². The van der Waals surface area contributed by atoms with Crippen molar-refractivity contribution in [3.8, 4) is 0 Å². The number of nitrogens with one attached hydrogen (secondary N) is 1. The maximum Gasteiger partial charge on any atom is 0.252 e. The van der Waals surface area contributed by atoms with E-state index in [1.54, 1.807) is 0 Å². The molecule has 1 aliphatic carbocycles. The van der Waals surface area contributed by atoms with Gasteiger partial charge in [0.1, 0.15) is 0 Å². The maximum absolute atomic E-state index is 12.5. The highest BCUT2D eigenvalue weighted by Gasteiger charge is 2.60. The van der Waals surface area contributed by atoms with Gasteiger partial charge in [-0.15, -0.1) is 0 Å². The van der Waals surface area contributed by atoms with Crippen LogP contribution in [0, 0.1) is 14.4 Å². The highest BCUT2D eigenvalue weighted by molar-refractivity contribution is 14.1. The average Bonchev–Trinajstić information content (AvgIpc) is 2.37. The topological polar surface area (TPSA) is 55.1 Å². The molecule has 5 heteroatoms. The number of hydrogen-bond acceptors (Lipinski definition) is 2. The molecule has 0 bridgehead atoms. The largest absolute Gasteiger partial charge is 0.348 e. The molecule has 0 atom stereocenters. The molecule has 0 radical (unpaired) electrons. The van der Waals surface area contributed by atoms with Crippen molar-refractivity contribution >= 4 is 44.4 Å². The Morgan fingerprint density at radius 2 is 1.85 bits per heavy atom. The number of carbonyl (C=O) groups excluding carboxylic acids is 1. The van der Waals surface area contributed by atoms with Crippen LogP contribution in [0.1, 0.15) is 38.1 Å². The first-order valence-electron chi connectivity index (χ1n) is 6.60. The quantitative estimate of drug-likeness (QED) is 0.677. The number of halogens is 2. The standard InChI is InChI=1S/C15H20BrIN2O/c1-14(2)12(18)15(3,4)13(14)19-11(20)9-7-8(17)5-6-10(9)16/h5-7,12-13H,18H2,1-4H3,(H,19,20). The van der Waals surface area contributed by atoms with Crippen molar-refractivity contribution in [3.05, 3.63) is 31.8 Å². The van der Waals surface area contributed by atoms with E-state index in [4.69, 9.17) is 5.73 Å². The first-order chi connectivity index (χ1) is 9.08. The van der Waals surface area contributed by atoms with Crippen LogP contribution in [0.2, 0.25) is 0 Å². The molecule has 3 N–H and O–H groups in total.